The molecule has 3 nitrogen and oxygen atoms in total. The Balaban J connectivity index is 2.38. The lowest BCUT2D eigenvalue weighted by Crippen LogP contribution is -2.08. The molecule has 0 aliphatic carbocycles. The van der Waals surface area contributed by atoms with Crippen LogP contribution in [0.4, 0.5) is 10.1 Å². The molecule has 0 spiro atoms. The van der Waals surface area contributed by atoms with Crippen LogP contribution in [-0.2, 0) is 15.6 Å². The molecule has 2 N–H and O–H groups in total. The van der Waals surface area contributed by atoms with Crippen molar-refractivity contribution >= 4 is 38.7 Å². The summed E-state index contributed by atoms with van der Waals surface area (Å²) >= 11 is 11.6. The van der Waals surface area contributed by atoms with Crippen LogP contribution in [0.5, 0.6) is 0 Å². The Kier molecular flexibility index (Phi) is 4.22. The van der Waals surface area contributed by atoms with Crippen molar-refractivity contribution in [1.29, 1.82) is 0 Å². The first-order chi connectivity index (χ1) is 9.29. The van der Waals surface area contributed by atoms with Gasteiger partial charge in [0.15, 0.2) is 9.84 Å². The molecule has 0 fully saturated rings. The van der Waals surface area contributed by atoms with Gasteiger partial charge in [-0.15, -0.1) is 0 Å². The second kappa shape index (κ2) is 5.60. The van der Waals surface area contributed by atoms with Gasteiger partial charge >= 0.3 is 0 Å². The fourth-order valence-corrected chi connectivity index (χ4v) is 3.52. The number of halogens is 3. The van der Waals surface area contributed by atoms with Gasteiger partial charge in [-0.3, -0.25) is 0 Å². The second-order valence-electron chi connectivity index (χ2n) is 4.19. The fraction of sp³-hybridized carbons (Fsp3) is 0.0769. The summed E-state index contributed by atoms with van der Waals surface area (Å²) in [5.41, 5.74) is 5.90. The zero-order valence-corrected chi connectivity index (χ0v) is 12.4. The molecule has 20 heavy (non-hydrogen) atoms. The maximum absolute atomic E-state index is 13.0. The maximum Gasteiger partial charge on any atom is 0.184 e. The van der Waals surface area contributed by atoms with E-state index in [1.807, 2.05) is 0 Å². The van der Waals surface area contributed by atoms with E-state index < -0.39 is 15.7 Å². The fourth-order valence-electron chi connectivity index (χ4n) is 1.73. The minimum absolute atomic E-state index is 0.107. The van der Waals surface area contributed by atoms with E-state index in [0.717, 1.165) is 18.2 Å². The molecular formula is C13H10Cl2FNO2S. The van der Waals surface area contributed by atoms with Crippen LogP contribution in [0.2, 0.25) is 10.0 Å². The number of nitrogen functional groups attached to an aromatic ring is 1. The number of hydrogen-bond acceptors (Lipinski definition) is 3. The predicted octanol–water partition coefficient (Wildman–Crippen LogP) is 3.69. The number of anilines is 1. The van der Waals surface area contributed by atoms with E-state index in [1.54, 1.807) is 6.07 Å². The zero-order valence-electron chi connectivity index (χ0n) is 10.1. The van der Waals surface area contributed by atoms with E-state index in [9.17, 15) is 12.8 Å². The van der Waals surface area contributed by atoms with Crippen LogP contribution in [0, 0.1) is 5.82 Å². The number of hydrogen-bond donors (Lipinski definition) is 1. The molecule has 0 unspecified atom stereocenters. The van der Waals surface area contributed by atoms with Crippen molar-refractivity contribution in [2.45, 2.75) is 10.6 Å². The summed E-state index contributed by atoms with van der Waals surface area (Å²) in [7, 11) is -3.68. The highest BCUT2D eigenvalue weighted by atomic mass is 35.5. The van der Waals surface area contributed by atoms with Crippen LogP contribution >= 0.6 is 23.2 Å². The van der Waals surface area contributed by atoms with E-state index in [-0.39, 0.29) is 21.4 Å². The summed E-state index contributed by atoms with van der Waals surface area (Å²) in [4.78, 5) is -0.107. The van der Waals surface area contributed by atoms with Crippen molar-refractivity contribution in [2.75, 3.05) is 5.73 Å². The Morgan fingerprint density at radius 1 is 1.05 bits per heavy atom. The molecule has 0 radical (unpaired) electrons. The average Bonchev–Trinajstić information content (AvgIpc) is 2.33. The zero-order chi connectivity index (χ0) is 14.9. The van der Waals surface area contributed by atoms with E-state index >= 15 is 0 Å². The molecule has 0 aliphatic heterocycles. The van der Waals surface area contributed by atoms with Gasteiger partial charge in [-0.25, -0.2) is 12.8 Å². The monoisotopic (exact) mass is 333 g/mol. The van der Waals surface area contributed by atoms with Crippen molar-refractivity contribution < 1.29 is 12.8 Å². The largest absolute Gasteiger partial charge is 0.398 e. The molecule has 2 aromatic carbocycles. The molecule has 2 aromatic rings. The van der Waals surface area contributed by atoms with Gasteiger partial charge in [0, 0.05) is 0 Å². The molecule has 0 heterocycles. The lowest BCUT2D eigenvalue weighted by atomic mass is 10.2. The highest BCUT2D eigenvalue weighted by molar-refractivity contribution is 7.90. The van der Waals surface area contributed by atoms with Gasteiger partial charge in [0.1, 0.15) is 5.82 Å². The van der Waals surface area contributed by atoms with E-state index in [4.69, 9.17) is 28.9 Å². The summed E-state index contributed by atoms with van der Waals surface area (Å²) in [5, 5.41) is 0.612. The molecule has 106 valence electrons. The summed E-state index contributed by atoms with van der Waals surface area (Å²) in [6.45, 7) is 0. The molecular weight excluding hydrogens is 324 g/mol. The van der Waals surface area contributed by atoms with Crippen molar-refractivity contribution in [3.63, 3.8) is 0 Å². The molecule has 0 saturated carbocycles. The van der Waals surface area contributed by atoms with Gasteiger partial charge in [0.2, 0.25) is 0 Å². The van der Waals surface area contributed by atoms with Crippen LogP contribution in [0.15, 0.2) is 41.3 Å². The van der Waals surface area contributed by atoms with E-state index in [2.05, 4.69) is 0 Å². The van der Waals surface area contributed by atoms with Gasteiger partial charge in [0.25, 0.3) is 0 Å². The quantitative estimate of drug-likeness (QED) is 0.688. The first-order valence-corrected chi connectivity index (χ1v) is 7.92. The Morgan fingerprint density at radius 3 is 2.35 bits per heavy atom. The van der Waals surface area contributed by atoms with Crippen LogP contribution in [0.3, 0.4) is 0 Å². The lowest BCUT2D eigenvalue weighted by Gasteiger charge is -2.08. The molecule has 0 aliphatic rings. The van der Waals surface area contributed by atoms with Crippen molar-refractivity contribution in [2.24, 2.45) is 0 Å². The van der Waals surface area contributed by atoms with Crippen molar-refractivity contribution in [3.8, 4) is 0 Å². The van der Waals surface area contributed by atoms with Crippen LogP contribution in [0.1, 0.15) is 5.56 Å². The SMILES string of the molecule is Nc1cc(F)ccc1S(=O)(=O)Cc1ccc(Cl)c(Cl)c1. The molecule has 7 heteroatoms. The highest BCUT2D eigenvalue weighted by Crippen LogP contribution is 2.27. The third-order valence-electron chi connectivity index (χ3n) is 2.65. The molecule has 0 atom stereocenters. The molecule has 0 saturated heterocycles. The molecule has 0 amide bonds. The summed E-state index contributed by atoms with van der Waals surface area (Å²) in [6, 6.07) is 7.73. The average molecular weight is 334 g/mol. The normalized spacial score (nSPS) is 11.6. The molecule has 2 rings (SSSR count). The smallest absolute Gasteiger partial charge is 0.184 e. The summed E-state index contributed by atoms with van der Waals surface area (Å²) < 4.78 is 37.5. The van der Waals surface area contributed by atoms with Gasteiger partial charge < -0.3 is 5.73 Å². The third kappa shape index (κ3) is 3.23. The van der Waals surface area contributed by atoms with Crippen LogP contribution in [0.25, 0.3) is 0 Å². The third-order valence-corrected chi connectivity index (χ3v) is 5.14. The Bertz CT molecular complexity index is 763. The second-order valence-corrected chi connectivity index (χ2v) is 6.96. The van der Waals surface area contributed by atoms with Crippen LogP contribution < -0.4 is 5.73 Å². The van der Waals surface area contributed by atoms with E-state index in [0.29, 0.717) is 10.6 Å². The topological polar surface area (TPSA) is 60.2 Å². The van der Waals surface area contributed by atoms with Crippen molar-refractivity contribution in [1.82, 2.24) is 0 Å². The molecule has 0 aromatic heterocycles. The predicted molar refractivity (Wildman–Crippen MR) is 78.2 cm³/mol. The number of sulfone groups is 1. The standard InChI is InChI=1S/C13H10Cl2FNO2S/c14-10-3-1-8(5-11(10)15)7-20(18,19)13-4-2-9(16)6-12(13)17/h1-6H,7,17H2. The Labute approximate surface area is 126 Å². The first kappa shape index (κ1) is 15.1. The minimum Gasteiger partial charge on any atom is -0.398 e. The van der Waals surface area contributed by atoms with Gasteiger partial charge in [-0.1, -0.05) is 29.3 Å². The Hall–Kier alpha value is -1.30. The minimum atomic E-state index is -3.68. The first-order valence-electron chi connectivity index (χ1n) is 5.51. The number of benzene rings is 2. The van der Waals surface area contributed by atoms with Crippen LogP contribution in [-0.4, -0.2) is 8.42 Å². The van der Waals surface area contributed by atoms with Gasteiger partial charge in [0.05, 0.1) is 26.4 Å². The maximum atomic E-state index is 13.0. The summed E-state index contributed by atoms with van der Waals surface area (Å²) in [6.07, 6.45) is 0. The molecule has 0 bridgehead atoms. The summed E-state index contributed by atoms with van der Waals surface area (Å²) in [5.74, 6) is -0.879. The van der Waals surface area contributed by atoms with E-state index in [1.165, 1.54) is 12.1 Å². The number of rotatable bonds is 3. The number of nitrogens with two attached hydrogens (primary N) is 1. The Morgan fingerprint density at radius 2 is 1.75 bits per heavy atom. The van der Waals surface area contributed by atoms with Gasteiger partial charge in [-0.05, 0) is 35.9 Å². The van der Waals surface area contributed by atoms with Gasteiger partial charge in [-0.2, -0.15) is 0 Å². The van der Waals surface area contributed by atoms with Crippen molar-refractivity contribution in [3.05, 3.63) is 57.8 Å². The lowest BCUT2D eigenvalue weighted by molar-refractivity contribution is 0.594. The highest BCUT2D eigenvalue weighted by Gasteiger charge is 2.19.